The van der Waals surface area contributed by atoms with E-state index in [4.69, 9.17) is 16.3 Å². The number of nitrogens with zero attached hydrogens (tertiary/aromatic N) is 3. The standard InChI is InChI=1S/C25H17ClN4O3/c1-16-6-2-3-7-21(16)28-23(31)17(15-27)14-20-24(33-19-11-9-18(26)10-12-19)29-22-8-4-5-13-30(22)25(20)32/h2-14H,1H3,(H,28,31)/b17-14+. The minimum Gasteiger partial charge on any atom is -0.438 e. The van der Waals surface area contributed by atoms with Crippen LogP contribution in [0.3, 0.4) is 0 Å². The number of aryl methyl sites for hydroxylation is 1. The Hall–Kier alpha value is -4.41. The molecule has 8 heteroatoms. The molecular formula is C25H17ClN4O3. The average Bonchev–Trinajstić information content (AvgIpc) is 2.82. The highest BCUT2D eigenvalue weighted by molar-refractivity contribution is 6.30. The van der Waals surface area contributed by atoms with E-state index in [1.165, 1.54) is 10.5 Å². The van der Waals surface area contributed by atoms with Crippen LogP contribution in [0.4, 0.5) is 5.69 Å². The number of rotatable bonds is 5. The number of anilines is 1. The Morgan fingerprint density at radius 3 is 2.58 bits per heavy atom. The molecule has 0 fully saturated rings. The number of pyridine rings is 1. The first-order valence-corrected chi connectivity index (χ1v) is 10.3. The summed E-state index contributed by atoms with van der Waals surface area (Å²) in [5, 5.41) is 12.9. The summed E-state index contributed by atoms with van der Waals surface area (Å²) in [4.78, 5) is 30.4. The number of halogens is 1. The van der Waals surface area contributed by atoms with E-state index in [0.717, 1.165) is 5.56 Å². The number of ether oxygens (including phenoxy) is 1. The van der Waals surface area contributed by atoms with E-state index in [1.54, 1.807) is 60.8 Å². The smallest absolute Gasteiger partial charge is 0.269 e. The monoisotopic (exact) mass is 456 g/mol. The van der Waals surface area contributed by atoms with Crippen molar-refractivity contribution >= 4 is 34.9 Å². The molecule has 0 aliphatic heterocycles. The molecule has 0 bridgehead atoms. The summed E-state index contributed by atoms with van der Waals surface area (Å²) in [5.74, 6) is -0.295. The van der Waals surface area contributed by atoms with Crippen molar-refractivity contribution in [3.63, 3.8) is 0 Å². The number of hydrogen-bond donors (Lipinski definition) is 1. The molecular weight excluding hydrogens is 440 g/mol. The number of nitrogens with one attached hydrogen (secondary N) is 1. The maximum atomic E-state index is 13.2. The van der Waals surface area contributed by atoms with Crippen molar-refractivity contribution < 1.29 is 9.53 Å². The quantitative estimate of drug-likeness (QED) is 0.337. The normalized spacial score (nSPS) is 11.1. The number of carbonyl (C=O) groups excluding carboxylic acids is 1. The molecule has 4 rings (SSSR count). The van der Waals surface area contributed by atoms with Crippen LogP contribution in [0.5, 0.6) is 11.6 Å². The molecule has 7 nitrogen and oxygen atoms in total. The van der Waals surface area contributed by atoms with Crippen molar-refractivity contribution in [2.24, 2.45) is 0 Å². The number of aromatic nitrogens is 2. The summed E-state index contributed by atoms with van der Waals surface area (Å²) in [6, 6.07) is 20.6. The van der Waals surface area contributed by atoms with Crippen LogP contribution in [-0.4, -0.2) is 15.3 Å². The van der Waals surface area contributed by atoms with Gasteiger partial charge in [-0.1, -0.05) is 35.9 Å². The zero-order valence-corrected chi connectivity index (χ0v) is 18.2. The topological polar surface area (TPSA) is 96.5 Å². The fourth-order valence-corrected chi connectivity index (χ4v) is 3.22. The fourth-order valence-electron chi connectivity index (χ4n) is 3.09. The van der Waals surface area contributed by atoms with Crippen LogP contribution in [0, 0.1) is 18.3 Å². The molecule has 2 aromatic carbocycles. The lowest BCUT2D eigenvalue weighted by atomic mass is 10.1. The molecule has 0 radical (unpaired) electrons. The summed E-state index contributed by atoms with van der Waals surface area (Å²) in [5.41, 5.74) is 0.962. The number of hydrogen-bond acceptors (Lipinski definition) is 5. The lowest BCUT2D eigenvalue weighted by molar-refractivity contribution is -0.112. The number of amides is 1. The summed E-state index contributed by atoms with van der Waals surface area (Å²) in [6.07, 6.45) is 2.74. The van der Waals surface area contributed by atoms with Crippen LogP contribution >= 0.6 is 11.6 Å². The van der Waals surface area contributed by atoms with Gasteiger partial charge < -0.3 is 10.1 Å². The second-order valence-electron chi connectivity index (χ2n) is 7.06. The van der Waals surface area contributed by atoms with Gasteiger partial charge in [0.05, 0.1) is 0 Å². The Morgan fingerprint density at radius 2 is 1.85 bits per heavy atom. The third-order valence-electron chi connectivity index (χ3n) is 4.81. The van der Waals surface area contributed by atoms with Gasteiger partial charge in [-0.3, -0.25) is 14.0 Å². The van der Waals surface area contributed by atoms with E-state index >= 15 is 0 Å². The van der Waals surface area contributed by atoms with Crippen LogP contribution < -0.4 is 15.6 Å². The third-order valence-corrected chi connectivity index (χ3v) is 5.06. The minimum atomic E-state index is -0.651. The Morgan fingerprint density at radius 1 is 1.12 bits per heavy atom. The molecule has 162 valence electrons. The molecule has 33 heavy (non-hydrogen) atoms. The summed E-state index contributed by atoms with van der Waals surface area (Å²) >= 11 is 5.93. The zero-order valence-electron chi connectivity index (χ0n) is 17.4. The molecule has 4 aromatic rings. The predicted molar refractivity (Wildman–Crippen MR) is 126 cm³/mol. The molecule has 1 amide bonds. The van der Waals surface area contributed by atoms with Crippen LogP contribution in [0.1, 0.15) is 11.1 Å². The maximum Gasteiger partial charge on any atom is 0.269 e. The summed E-state index contributed by atoms with van der Waals surface area (Å²) in [6.45, 7) is 1.84. The average molecular weight is 457 g/mol. The van der Waals surface area contributed by atoms with Crippen LogP contribution in [0.25, 0.3) is 11.7 Å². The molecule has 0 atom stereocenters. The van der Waals surface area contributed by atoms with Gasteiger partial charge in [-0.2, -0.15) is 10.2 Å². The van der Waals surface area contributed by atoms with Crippen LogP contribution in [0.15, 0.2) is 83.3 Å². The van der Waals surface area contributed by atoms with E-state index < -0.39 is 11.5 Å². The van der Waals surface area contributed by atoms with Crippen molar-refractivity contribution in [1.82, 2.24) is 9.38 Å². The number of para-hydroxylation sites is 1. The van der Waals surface area contributed by atoms with Crippen molar-refractivity contribution in [3.8, 4) is 17.7 Å². The van der Waals surface area contributed by atoms with Crippen LogP contribution in [0.2, 0.25) is 5.02 Å². The Bertz CT molecular complexity index is 1480. The van der Waals surface area contributed by atoms with Crippen molar-refractivity contribution in [3.05, 3.63) is 105 Å². The van der Waals surface area contributed by atoms with E-state index in [2.05, 4.69) is 10.3 Å². The molecule has 0 aliphatic rings. The molecule has 0 saturated carbocycles. The second-order valence-corrected chi connectivity index (χ2v) is 7.50. The molecule has 0 saturated heterocycles. The SMILES string of the molecule is Cc1ccccc1NC(=O)/C(C#N)=C/c1c(Oc2ccc(Cl)cc2)nc2ccccn2c1=O. The lowest BCUT2D eigenvalue weighted by Crippen LogP contribution is -2.20. The minimum absolute atomic E-state index is 0.0369. The van der Waals surface area contributed by atoms with Gasteiger partial charge in [0.15, 0.2) is 0 Å². The highest BCUT2D eigenvalue weighted by atomic mass is 35.5. The van der Waals surface area contributed by atoms with Gasteiger partial charge in [0.2, 0.25) is 5.88 Å². The van der Waals surface area contributed by atoms with Gasteiger partial charge in [-0.05, 0) is 61.0 Å². The van der Waals surface area contributed by atoms with Crippen LogP contribution in [-0.2, 0) is 4.79 Å². The van der Waals surface area contributed by atoms with Gasteiger partial charge in [-0.15, -0.1) is 0 Å². The Labute approximate surface area is 194 Å². The molecule has 0 spiro atoms. The highest BCUT2D eigenvalue weighted by Gasteiger charge is 2.18. The molecule has 2 aromatic heterocycles. The second kappa shape index (κ2) is 9.39. The lowest BCUT2D eigenvalue weighted by Gasteiger charge is -2.11. The maximum absolute atomic E-state index is 13.2. The number of nitriles is 1. The summed E-state index contributed by atoms with van der Waals surface area (Å²) < 4.78 is 7.16. The highest BCUT2D eigenvalue weighted by Crippen LogP contribution is 2.25. The van der Waals surface area contributed by atoms with E-state index in [-0.39, 0.29) is 17.0 Å². The van der Waals surface area contributed by atoms with Crippen molar-refractivity contribution in [2.75, 3.05) is 5.32 Å². The predicted octanol–water partition coefficient (Wildman–Crippen LogP) is 4.99. The molecule has 0 unspecified atom stereocenters. The van der Waals surface area contributed by atoms with Crippen molar-refractivity contribution in [2.45, 2.75) is 6.92 Å². The number of fused-ring (bicyclic) bond motifs is 1. The number of carbonyl (C=O) groups is 1. The van der Waals surface area contributed by atoms with E-state index in [9.17, 15) is 14.9 Å². The molecule has 0 aliphatic carbocycles. The molecule has 2 heterocycles. The fraction of sp³-hybridized carbons (Fsp3) is 0.0400. The zero-order chi connectivity index (χ0) is 23.4. The molecule has 1 N–H and O–H groups in total. The van der Waals surface area contributed by atoms with Gasteiger partial charge in [0.1, 0.15) is 28.6 Å². The largest absolute Gasteiger partial charge is 0.438 e. The van der Waals surface area contributed by atoms with E-state index in [1.807, 2.05) is 25.1 Å². The van der Waals surface area contributed by atoms with Gasteiger partial charge in [-0.25, -0.2) is 0 Å². The Balaban J connectivity index is 1.81. The van der Waals surface area contributed by atoms with Gasteiger partial charge in [0, 0.05) is 16.9 Å². The van der Waals surface area contributed by atoms with Gasteiger partial charge in [0.25, 0.3) is 11.5 Å². The van der Waals surface area contributed by atoms with Gasteiger partial charge >= 0.3 is 0 Å². The first kappa shape index (κ1) is 21.8. The Kier molecular flexibility index (Phi) is 6.20. The van der Waals surface area contributed by atoms with E-state index in [0.29, 0.717) is 22.1 Å². The first-order valence-electron chi connectivity index (χ1n) is 9.90. The number of benzene rings is 2. The third kappa shape index (κ3) is 4.76. The summed E-state index contributed by atoms with van der Waals surface area (Å²) in [7, 11) is 0. The first-order chi connectivity index (χ1) is 16.0. The van der Waals surface area contributed by atoms with Crippen molar-refractivity contribution in [1.29, 1.82) is 5.26 Å².